The normalized spacial score (nSPS) is 18.0. The van der Waals surface area contributed by atoms with E-state index in [1.807, 2.05) is 6.07 Å². The number of hydrogen-bond acceptors (Lipinski definition) is 6. The Kier molecular flexibility index (Phi) is 7.91. The summed E-state index contributed by atoms with van der Waals surface area (Å²) in [4.78, 5) is 27.4. The first-order chi connectivity index (χ1) is 17.2. The first-order valence-electron chi connectivity index (χ1n) is 11.9. The Balaban J connectivity index is 1.59. The number of anilines is 2. The van der Waals surface area contributed by atoms with Crippen LogP contribution in [-0.2, 0) is 26.0 Å². The average molecular weight is 581 g/mol. The van der Waals surface area contributed by atoms with E-state index in [0.29, 0.717) is 59.7 Å². The molecule has 2 aliphatic rings. The lowest BCUT2D eigenvalue weighted by Gasteiger charge is -2.32. The molecule has 2 heterocycles. The van der Waals surface area contributed by atoms with Crippen LogP contribution in [-0.4, -0.2) is 58.4 Å². The lowest BCUT2D eigenvalue weighted by atomic mass is 9.98. The van der Waals surface area contributed by atoms with Crippen LogP contribution >= 0.6 is 15.9 Å². The molecule has 0 aliphatic carbocycles. The summed E-state index contributed by atoms with van der Waals surface area (Å²) >= 11 is 3.43. The Hall–Kier alpha value is -2.63. The van der Waals surface area contributed by atoms with Crippen molar-refractivity contribution in [1.82, 2.24) is 4.31 Å². The summed E-state index contributed by atoms with van der Waals surface area (Å²) in [7, 11) is -0.911. The van der Waals surface area contributed by atoms with Gasteiger partial charge in [0.2, 0.25) is 21.8 Å². The number of halogens is 1. The number of hydrogen-bond donors (Lipinski definition) is 1. The molecule has 1 fully saturated rings. The van der Waals surface area contributed by atoms with Gasteiger partial charge in [-0.2, -0.15) is 4.31 Å². The molecule has 9 nitrogen and oxygen atoms in total. The van der Waals surface area contributed by atoms with E-state index >= 15 is 0 Å². The molecule has 194 valence electrons. The molecule has 2 aromatic rings. The molecule has 0 aromatic heterocycles. The minimum atomic E-state index is -3.96. The number of rotatable bonds is 7. The van der Waals surface area contributed by atoms with Crippen LogP contribution in [0, 0.1) is 5.92 Å². The zero-order valence-corrected chi connectivity index (χ0v) is 22.9. The number of fused-ring (bicyclic) bond motifs is 1. The van der Waals surface area contributed by atoms with E-state index in [1.165, 1.54) is 11.4 Å². The van der Waals surface area contributed by atoms with Crippen LogP contribution in [0.2, 0.25) is 0 Å². The highest BCUT2D eigenvalue weighted by atomic mass is 79.9. The zero-order valence-electron chi connectivity index (χ0n) is 20.5. The number of nitrogens with zero attached hydrogens (tertiary/aromatic N) is 2. The second-order valence-corrected chi connectivity index (χ2v) is 11.6. The number of carbonyl (C=O) groups is 2. The van der Waals surface area contributed by atoms with Gasteiger partial charge in [-0.05, 0) is 49.1 Å². The molecule has 1 N–H and O–H groups in total. The van der Waals surface area contributed by atoms with Crippen molar-refractivity contribution in [3.63, 3.8) is 0 Å². The highest BCUT2D eigenvalue weighted by Crippen LogP contribution is 2.40. The van der Waals surface area contributed by atoms with Gasteiger partial charge in [-0.25, -0.2) is 8.42 Å². The Labute approximate surface area is 219 Å². The van der Waals surface area contributed by atoms with Crippen LogP contribution in [0.3, 0.4) is 0 Å². The zero-order chi connectivity index (χ0) is 26.0. The molecule has 1 saturated heterocycles. The lowest BCUT2D eigenvalue weighted by molar-refractivity contribution is -0.121. The fourth-order valence-corrected chi connectivity index (χ4v) is 7.20. The first kappa shape index (κ1) is 26.4. The maximum Gasteiger partial charge on any atom is 0.245 e. The summed E-state index contributed by atoms with van der Waals surface area (Å²) in [6.45, 7) is 2.57. The Bertz CT molecular complexity index is 1280. The molecule has 0 saturated carbocycles. The summed E-state index contributed by atoms with van der Waals surface area (Å²) in [6, 6.07) is 8.50. The van der Waals surface area contributed by atoms with Crippen molar-refractivity contribution in [3.8, 4) is 11.5 Å². The number of piperidine rings is 1. The Morgan fingerprint density at radius 3 is 2.61 bits per heavy atom. The number of benzene rings is 2. The first-order valence-corrected chi connectivity index (χ1v) is 14.1. The number of methoxy groups -OCH3 is 2. The number of amides is 2. The van der Waals surface area contributed by atoms with Crippen molar-refractivity contribution in [3.05, 3.63) is 40.4 Å². The third-order valence-electron chi connectivity index (χ3n) is 6.64. The van der Waals surface area contributed by atoms with Gasteiger partial charge in [0, 0.05) is 36.6 Å². The van der Waals surface area contributed by atoms with Gasteiger partial charge in [0.05, 0.1) is 31.5 Å². The van der Waals surface area contributed by atoms with Gasteiger partial charge < -0.3 is 19.7 Å². The topological polar surface area (TPSA) is 105 Å². The standard InChI is InChI=1S/C25H30BrN3O6S/c1-4-23(30)29-11-9-16-12-18(26)13-22(24(16)29)36(32,33)28-10-5-6-17(15-28)25(31)27-20-8-7-19(34-2)14-21(20)35-3/h7-8,12-14,17H,4-6,9-11,15H2,1-3H3,(H,27,31)/t17-/m1/s1. The molecule has 11 heteroatoms. The number of ether oxygens (including phenoxy) is 2. The quantitative estimate of drug-likeness (QED) is 0.534. The second kappa shape index (κ2) is 10.8. The lowest BCUT2D eigenvalue weighted by Crippen LogP contribution is -2.44. The molecule has 1 atom stereocenters. The fraction of sp³-hybridized carbons (Fsp3) is 0.440. The number of carbonyl (C=O) groups excluding carboxylic acids is 2. The van der Waals surface area contributed by atoms with Crippen molar-refractivity contribution < 1.29 is 27.5 Å². The van der Waals surface area contributed by atoms with Gasteiger partial charge in [0.25, 0.3) is 0 Å². The molecule has 2 aliphatic heterocycles. The average Bonchev–Trinajstić information content (AvgIpc) is 3.31. The second-order valence-electron chi connectivity index (χ2n) is 8.82. The van der Waals surface area contributed by atoms with Crippen molar-refractivity contribution >= 4 is 49.1 Å². The predicted molar refractivity (Wildman–Crippen MR) is 140 cm³/mol. The molecule has 4 rings (SSSR count). The van der Waals surface area contributed by atoms with E-state index in [0.717, 1.165) is 5.56 Å². The van der Waals surface area contributed by atoms with E-state index < -0.39 is 15.9 Å². The van der Waals surface area contributed by atoms with Gasteiger partial charge in [0.15, 0.2) is 0 Å². The van der Waals surface area contributed by atoms with Gasteiger partial charge in [-0.1, -0.05) is 22.9 Å². The van der Waals surface area contributed by atoms with E-state index in [9.17, 15) is 18.0 Å². The Morgan fingerprint density at radius 1 is 1.14 bits per heavy atom. The highest BCUT2D eigenvalue weighted by Gasteiger charge is 2.38. The molecule has 0 radical (unpaired) electrons. The molecular formula is C25H30BrN3O6S. The van der Waals surface area contributed by atoms with Crippen LogP contribution in [0.4, 0.5) is 11.4 Å². The maximum absolute atomic E-state index is 13.9. The maximum atomic E-state index is 13.9. The van der Waals surface area contributed by atoms with Gasteiger partial charge in [0.1, 0.15) is 16.4 Å². The molecule has 0 bridgehead atoms. The number of nitrogens with one attached hydrogen (secondary N) is 1. The minimum Gasteiger partial charge on any atom is -0.497 e. The monoisotopic (exact) mass is 579 g/mol. The van der Waals surface area contributed by atoms with E-state index in [4.69, 9.17) is 9.47 Å². The van der Waals surface area contributed by atoms with Crippen LogP contribution in [0.15, 0.2) is 39.7 Å². The van der Waals surface area contributed by atoms with Crippen LogP contribution < -0.4 is 19.7 Å². The van der Waals surface area contributed by atoms with Gasteiger partial charge in [-0.3, -0.25) is 9.59 Å². The summed E-state index contributed by atoms with van der Waals surface area (Å²) in [5.74, 6) is 0.122. The smallest absolute Gasteiger partial charge is 0.245 e. The fourth-order valence-electron chi connectivity index (χ4n) is 4.76. The van der Waals surface area contributed by atoms with Crippen molar-refractivity contribution in [2.75, 3.05) is 44.1 Å². The highest BCUT2D eigenvalue weighted by molar-refractivity contribution is 9.10. The Morgan fingerprint density at radius 2 is 1.92 bits per heavy atom. The van der Waals surface area contributed by atoms with Gasteiger partial charge in [-0.15, -0.1) is 0 Å². The van der Waals surface area contributed by atoms with Crippen LogP contribution in [0.5, 0.6) is 11.5 Å². The largest absolute Gasteiger partial charge is 0.497 e. The SMILES string of the molecule is CCC(=O)N1CCc2cc(Br)cc(S(=O)(=O)N3CCC[C@@H](C(=O)Nc4ccc(OC)cc4OC)C3)c21. The van der Waals surface area contributed by atoms with Crippen molar-refractivity contribution in [2.45, 2.75) is 37.5 Å². The molecule has 2 amide bonds. The molecule has 0 spiro atoms. The third-order valence-corrected chi connectivity index (χ3v) is 8.97. The van der Waals surface area contributed by atoms with Crippen LogP contribution in [0.1, 0.15) is 31.7 Å². The summed E-state index contributed by atoms with van der Waals surface area (Å²) in [6.07, 6.45) is 1.99. The molecular weight excluding hydrogens is 550 g/mol. The number of sulfonamides is 1. The summed E-state index contributed by atoms with van der Waals surface area (Å²) in [5.41, 5.74) is 1.77. The van der Waals surface area contributed by atoms with E-state index in [1.54, 1.807) is 43.2 Å². The summed E-state index contributed by atoms with van der Waals surface area (Å²) < 4.78 is 40.3. The van der Waals surface area contributed by atoms with Crippen molar-refractivity contribution in [1.29, 1.82) is 0 Å². The van der Waals surface area contributed by atoms with Crippen molar-refractivity contribution in [2.24, 2.45) is 5.92 Å². The predicted octanol–water partition coefficient (Wildman–Crippen LogP) is 3.80. The van der Waals surface area contributed by atoms with Gasteiger partial charge >= 0.3 is 0 Å². The summed E-state index contributed by atoms with van der Waals surface area (Å²) in [5, 5.41) is 2.87. The van der Waals surface area contributed by atoms with E-state index in [-0.39, 0.29) is 29.7 Å². The molecule has 2 aromatic carbocycles. The minimum absolute atomic E-state index is 0.0512. The van der Waals surface area contributed by atoms with E-state index in [2.05, 4.69) is 21.2 Å². The molecule has 36 heavy (non-hydrogen) atoms. The van der Waals surface area contributed by atoms with Crippen LogP contribution in [0.25, 0.3) is 0 Å². The molecule has 0 unspecified atom stereocenters. The third kappa shape index (κ3) is 5.09.